The molecule has 0 spiro atoms. The van der Waals surface area contributed by atoms with Gasteiger partial charge in [0.1, 0.15) is 15.6 Å². The summed E-state index contributed by atoms with van der Waals surface area (Å²) in [6.45, 7) is 1.23. The van der Waals surface area contributed by atoms with E-state index in [4.69, 9.17) is 14.3 Å². The minimum atomic E-state index is -3.88. The van der Waals surface area contributed by atoms with E-state index in [2.05, 4.69) is 5.32 Å². The van der Waals surface area contributed by atoms with Crippen LogP contribution in [0.15, 0.2) is 50.4 Å². The molecule has 0 aliphatic rings. The lowest BCUT2D eigenvalue weighted by molar-refractivity contribution is -0.125. The summed E-state index contributed by atoms with van der Waals surface area (Å²) < 4.78 is 32.9. The van der Waals surface area contributed by atoms with E-state index in [1.165, 1.54) is 5.38 Å². The van der Waals surface area contributed by atoms with E-state index < -0.39 is 34.5 Å². The number of fused-ring (bicyclic) bond motifs is 1. The number of primary sulfonamides is 1. The smallest absolute Gasteiger partial charge is 0.339 e. The number of nitrogens with two attached hydrogens (primary N) is 1. The van der Waals surface area contributed by atoms with Gasteiger partial charge in [-0.25, -0.2) is 18.4 Å². The van der Waals surface area contributed by atoms with E-state index in [9.17, 15) is 18.0 Å². The van der Waals surface area contributed by atoms with Crippen LogP contribution in [0.2, 0.25) is 0 Å². The van der Waals surface area contributed by atoms with Crippen molar-refractivity contribution in [3.8, 4) is 0 Å². The molecule has 3 rings (SSSR count). The Hall–Kier alpha value is -2.69. The zero-order chi connectivity index (χ0) is 19.6. The number of ether oxygens (including phenoxy) is 1. The predicted octanol–water partition coefficient (Wildman–Crippen LogP) is 2.18. The van der Waals surface area contributed by atoms with E-state index in [1.54, 1.807) is 6.92 Å². The van der Waals surface area contributed by atoms with E-state index in [1.807, 2.05) is 30.3 Å². The first-order valence-corrected chi connectivity index (χ1v) is 10.2. The molecule has 8 nitrogen and oxygen atoms in total. The number of sulfonamides is 1. The second kappa shape index (κ2) is 7.51. The van der Waals surface area contributed by atoms with Gasteiger partial charge in [0.25, 0.3) is 5.91 Å². The van der Waals surface area contributed by atoms with E-state index >= 15 is 0 Å². The molecular formula is C17H16N2O6S2. The number of benzene rings is 1. The first-order chi connectivity index (χ1) is 12.7. The summed E-state index contributed by atoms with van der Waals surface area (Å²) in [5.41, 5.74) is 0.727. The number of esters is 1. The summed E-state index contributed by atoms with van der Waals surface area (Å²) in [5.74, 6) is -0.752. The van der Waals surface area contributed by atoms with Crippen LogP contribution in [0, 0.1) is 0 Å². The minimum absolute atomic E-state index is 0.0159. The molecule has 0 radical (unpaired) electrons. The van der Waals surface area contributed by atoms with Crippen molar-refractivity contribution in [2.45, 2.75) is 17.2 Å². The highest BCUT2D eigenvalue weighted by Gasteiger charge is 2.18. The molecule has 27 heavy (non-hydrogen) atoms. The fourth-order valence-electron chi connectivity index (χ4n) is 2.36. The Balaban J connectivity index is 1.55. The Morgan fingerprint density at radius 1 is 1.30 bits per heavy atom. The molecule has 1 amide bonds. The number of carbonyl (C=O) groups is 2. The monoisotopic (exact) mass is 408 g/mol. The number of para-hydroxylation sites is 1. The van der Waals surface area contributed by atoms with Crippen molar-refractivity contribution in [3.63, 3.8) is 0 Å². The number of hydrogen-bond acceptors (Lipinski definition) is 7. The summed E-state index contributed by atoms with van der Waals surface area (Å²) in [5, 5.41) is 9.88. The van der Waals surface area contributed by atoms with Gasteiger partial charge in [0.15, 0.2) is 6.61 Å². The van der Waals surface area contributed by atoms with Crippen molar-refractivity contribution in [3.05, 3.63) is 53.1 Å². The van der Waals surface area contributed by atoms with Gasteiger partial charge in [-0.1, -0.05) is 18.2 Å². The molecule has 0 saturated carbocycles. The molecule has 0 bridgehead atoms. The zero-order valence-corrected chi connectivity index (χ0v) is 15.8. The second-order valence-corrected chi connectivity index (χ2v) is 8.45. The van der Waals surface area contributed by atoms with E-state index in [0.717, 1.165) is 22.8 Å². The maximum atomic E-state index is 12.0. The molecular weight excluding hydrogens is 392 g/mol. The van der Waals surface area contributed by atoms with Crippen molar-refractivity contribution in [2.24, 2.45) is 5.14 Å². The lowest BCUT2D eigenvalue weighted by Gasteiger charge is -2.11. The average Bonchev–Trinajstić information content (AvgIpc) is 3.26. The molecule has 10 heteroatoms. The summed E-state index contributed by atoms with van der Waals surface area (Å²) in [4.78, 5) is 23.9. The fraction of sp³-hybridized carbons (Fsp3) is 0.176. The van der Waals surface area contributed by atoms with Crippen LogP contribution in [0.25, 0.3) is 11.0 Å². The lowest BCUT2D eigenvalue weighted by atomic mass is 10.2. The average molecular weight is 408 g/mol. The normalized spacial score (nSPS) is 12.7. The highest BCUT2D eigenvalue weighted by Crippen LogP contribution is 2.23. The molecule has 0 aliphatic heterocycles. The van der Waals surface area contributed by atoms with Gasteiger partial charge in [0, 0.05) is 10.8 Å². The number of hydrogen-bond donors (Lipinski definition) is 2. The summed E-state index contributed by atoms with van der Waals surface area (Å²) in [7, 11) is -3.88. The summed E-state index contributed by atoms with van der Waals surface area (Å²) in [6.07, 6.45) is 0. The van der Waals surface area contributed by atoms with Crippen LogP contribution in [0.5, 0.6) is 0 Å². The Bertz CT molecular complexity index is 1070. The molecule has 2 aromatic heterocycles. The van der Waals surface area contributed by atoms with Crippen molar-refractivity contribution in [2.75, 3.05) is 6.61 Å². The van der Waals surface area contributed by atoms with Crippen LogP contribution < -0.4 is 10.5 Å². The molecule has 3 aromatic rings. The van der Waals surface area contributed by atoms with Crippen LogP contribution >= 0.6 is 11.3 Å². The summed E-state index contributed by atoms with van der Waals surface area (Å²) >= 11 is 0.802. The van der Waals surface area contributed by atoms with Gasteiger partial charge < -0.3 is 14.5 Å². The highest BCUT2D eigenvalue weighted by atomic mass is 32.2. The lowest BCUT2D eigenvalue weighted by Crippen LogP contribution is -2.30. The Kier molecular flexibility index (Phi) is 5.31. The topological polar surface area (TPSA) is 129 Å². The minimum Gasteiger partial charge on any atom is -0.459 e. The van der Waals surface area contributed by atoms with Gasteiger partial charge in [0.05, 0.1) is 11.6 Å². The zero-order valence-electron chi connectivity index (χ0n) is 14.2. The third-order valence-electron chi connectivity index (χ3n) is 3.67. The summed E-state index contributed by atoms with van der Waals surface area (Å²) in [6, 6.07) is 9.98. The van der Waals surface area contributed by atoms with E-state index in [-0.39, 0.29) is 9.77 Å². The maximum Gasteiger partial charge on any atom is 0.339 e. The maximum absolute atomic E-state index is 12.0. The SMILES string of the molecule is C[C@H](NC(=O)COC(=O)c1csc(S(N)(=O)=O)c1)c1cc2ccccc2o1. The van der Waals surface area contributed by atoms with Gasteiger partial charge >= 0.3 is 5.97 Å². The number of furan rings is 1. The van der Waals surface area contributed by atoms with Crippen molar-refractivity contribution in [1.82, 2.24) is 5.32 Å². The van der Waals surface area contributed by atoms with Crippen molar-refractivity contribution in [1.29, 1.82) is 0 Å². The fourth-order valence-corrected chi connectivity index (χ4v) is 3.93. The largest absolute Gasteiger partial charge is 0.459 e. The molecule has 0 fully saturated rings. The third-order valence-corrected chi connectivity index (χ3v) is 6.06. The van der Waals surface area contributed by atoms with Crippen molar-refractivity contribution < 1.29 is 27.2 Å². The van der Waals surface area contributed by atoms with Crippen LogP contribution in [0.3, 0.4) is 0 Å². The number of amides is 1. The molecule has 0 unspecified atom stereocenters. The first-order valence-electron chi connectivity index (χ1n) is 7.80. The van der Waals surface area contributed by atoms with Crippen LogP contribution in [0.1, 0.15) is 29.1 Å². The van der Waals surface area contributed by atoms with Gasteiger partial charge in [-0.3, -0.25) is 4.79 Å². The van der Waals surface area contributed by atoms with Gasteiger partial charge in [-0.05, 0) is 25.1 Å². The Labute approximate surface area is 159 Å². The standard InChI is InChI=1S/C17H16N2O6S2/c1-10(14-6-11-4-2-3-5-13(11)25-14)19-15(20)8-24-17(21)12-7-16(26-9-12)27(18,22)23/h2-7,9-10H,8H2,1H3,(H,19,20)(H2,18,22,23)/t10-/m0/s1. The molecule has 0 aliphatic carbocycles. The van der Waals surface area contributed by atoms with Gasteiger partial charge in [-0.2, -0.15) is 0 Å². The molecule has 1 atom stereocenters. The second-order valence-electron chi connectivity index (χ2n) is 5.75. The number of carbonyl (C=O) groups excluding carboxylic acids is 2. The molecule has 2 heterocycles. The van der Waals surface area contributed by atoms with Crippen molar-refractivity contribution >= 4 is 44.2 Å². The molecule has 3 N–H and O–H groups in total. The highest BCUT2D eigenvalue weighted by molar-refractivity contribution is 7.91. The quantitative estimate of drug-likeness (QED) is 0.602. The predicted molar refractivity (Wildman–Crippen MR) is 98.7 cm³/mol. The number of rotatable bonds is 6. The third kappa shape index (κ3) is 4.54. The number of nitrogens with one attached hydrogen (secondary N) is 1. The first kappa shape index (κ1) is 19.1. The van der Waals surface area contributed by atoms with Gasteiger partial charge in [0.2, 0.25) is 10.0 Å². The molecule has 0 saturated heterocycles. The Morgan fingerprint density at radius 2 is 2.04 bits per heavy atom. The molecule has 142 valence electrons. The Morgan fingerprint density at radius 3 is 2.70 bits per heavy atom. The molecule has 1 aromatic carbocycles. The van der Waals surface area contributed by atoms with Gasteiger partial charge in [-0.15, -0.1) is 11.3 Å². The van der Waals surface area contributed by atoms with Crippen LogP contribution in [0.4, 0.5) is 0 Å². The van der Waals surface area contributed by atoms with E-state index in [0.29, 0.717) is 11.3 Å². The van der Waals surface area contributed by atoms with Crippen LogP contribution in [-0.4, -0.2) is 26.9 Å². The van der Waals surface area contributed by atoms with Crippen LogP contribution in [-0.2, 0) is 19.6 Å². The number of thiophene rings is 1.